The Hall–Kier alpha value is -2.65. The van der Waals surface area contributed by atoms with Crippen molar-refractivity contribution in [2.24, 2.45) is 4.99 Å². The molecule has 1 amide bonds. The van der Waals surface area contributed by atoms with Crippen LogP contribution in [0.4, 0.5) is 18.9 Å². The first-order valence-corrected chi connectivity index (χ1v) is 9.29. The fourth-order valence-electron chi connectivity index (χ4n) is 2.52. The van der Waals surface area contributed by atoms with E-state index < -0.39 is 17.6 Å². The van der Waals surface area contributed by atoms with Gasteiger partial charge in [-0.2, -0.15) is 13.2 Å². The van der Waals surface area contributed by atoms with Gasteiger partial charge in [-0.05, 0) is 53.7 Å². The Labute approximate surface area is 173 Å². The highest BCUT2D eigenvalue weighted by Gasteiger charge is 2.34. The van der Waals surface area contributed by atoms with E-state index in [-0.39, 0.29) is 20.8 Å². The number of benzene rings is 2. The fraction of sp³-hybridized carbons (Fsp3) is 0.158. The van der Waals surface area contributed by atoms with Crippen LogP contribution in [-0.2, 0) is 11.0 Å². The number of amidine groups is 1. The van der Waals surface area contributed by atoms with Crippen molar-refractivity contribution in [2.45, 2.75) is 6.18 Å². The van der Waals surface area contributed by atoms with Crippen LogP contribution in [-0.4, -0.2) is 25.3 Å². The molecule has 10 heteroatoms. The normalized spacial score (nSPS) is 17.0. The molecule has 5 nitrogen and oxygen atoms in total. The molecule has 1 N–H and O–H groups in total. The van der Waals surface area contributed by atoms with E-state index in [1.807, 2.05) is 0 Å². The molecular weight excluding hydrogens is 429 g/mol. The molecule has 2 aromatic carbocycles. The van der Waals surface area contributed by atoms with Crippen molar-refractivity contribution in [3.8, 4) is 11.5 Å². The van der Waals surface area contributed by atoms with Crippen LogP contribution in [0.2, 0.25) is 5.02 Å². The van der Waals surface area contributed by atoms with E-state index in [9.17, 15) is 18.0 Å². The summed E-state index contributed by atoms with van der Waals surface area (Å²) in [4.78, 5) is 16.4. The summed E-state index contributed by atoms with van der Waals surface area (Å²) in [5, 5.41) is 2.45. The number of carbonyl (C=O) groups is 1. The number of amides is 1. The maximum Gasteiger partial charge on any atom is 0.418 e. The van der Waals surface area contributed by atoms with Crippen molar-refractivity contribution in [3.63, 3.8) is 0 Å². The van der Waals surface area contributed by atoms with Crippen LogP contribution >= 0.6 is 23.4 Å². The van der Waals surface area contributed by atoms with Crippen LogP contribution in [0.15, 0.2) is 46.3 Å². The van der Waals surface area contributed by atoms with Gasteiger partial charge in [0.1, 0.15) is 0 Å². The Bertz CT molecular complexity index is 1020. The molecule has 0 aliphatic carbocycles. The van der Waals surface area contributed by atoms with E-state index in [1.54, 1.807) is 24.3 Å². The zero-order valence-corrected chi connectivity index (χ0v) is 16.7. The van der Waals surface area contributed by atoms with Gasteiger partial charge >= 0.3 is 6.18 Å². The number of thioether (sulfide) groups is 1. The van der Waals surface area contributed by atoms with Crippen LogP contribution in [0, 0.1) is 0 Å². The van der Waals surface area contributed by atoms with Crippen LogP contribution < -0.4 is 14.8 Å². The molecule has 0 saturated carbocycles. The molecule has 152 valence electrons. The number of hydrogen-bond acceptors (Lipinski definition) is 5. The van der Waals surface area contributed by atoms with Gasteiger partial charge in [-0.3, -0.25) is 4.79 Å². The van der Waals surface area contributed by atoms with E-state index >= 15 is 0 Å². The molecule has 29 heavy (non-hydrogen) atoms. The Morgan fingerprint density at radius 2 is 1.83 bits per heavy atom. The molecule has 0 spiro atoms. The topological polar surface area (TPSA) is 59.9 Å². The van der Waals surface area contributed by atoms with E-state index in [4.69, 9.17) is 21.1 Å². The molecule has 1 heterocycles. The highest BCUT2D eigenvalue weighted by Crippen LogP contribution is 2.39. The summed E-state index contributed by atoms with van der Waals surface area (Å²) in [6, 6.07) is 8.33. The number of nitrogens with zero attached hydrogens (tertiary/aromatic N) is 1. The van der Waals surface area contributed by atoms with E-state index in [1.165, 1.54) is 20.3 Å². The average molecular weight is 443 g/mol. The van der Waals surface area contributed by atoms with E-state index in [0.717, 1.165) is 23.9 Å². The number of hydrogen-bond donors (Lipinski definition) is 1. The van der Waals surface area contributed by atoms with Crippen LogP contribution in [0.1, 0.15) is 11.1 Å². The van der Waals surface area contributed by atoms with E-state index in [0.29, 0.717) is 17.1 Å². The monoisotopic (exact) mass is 442 g/mol. The van der Waals surface area contributed by atoms with Gasteiger partial charge in [-0.25, -0.2) is 4.99 Å². The van der Waals surface area contributed by atoms with Gasteiger partial charge in [-0.15, -0.1) is 0 Å². The zero-order chi connectivity index (χ0) is 21.2. The second-order valence-corrected chi connectivity index (χ2v) is 7.22. The smallest absolute Gasteiger partial charge is 0.418 e. The van der Waals surface area contributed by atoms with Crippen LogP contribution in [0.3, 0.4) is 0 Å². The quantitative estimate of drug-likeness (QED) is 0.655. The summed E-state index contributed by atoms with van der Waals surface area (Å²) < 4.78 is 50.0. The highest BCUT2D eigenvalue weighted by molar-refractivity contribution is 8.18. The fourth-order valence-corrected chi connectivity index (χ4v) is 3.52. The lowest BCUT2D eigenvalue weighted by atomic mass is 10.2. The molecule has 0 aromatic heterocycles. The Balaban J connectivity index is 1.91. The van der Waals surface area contributed by atoms with Crippen LogP contribution in [0.5, 0.6) is 11.5 Å². The molecule has 1 saturated heterocycles. The predicted octanol–water partition coefficient (Wildman–Crippen LogP) is 5.27. The maximum atomic E-state index is 13.2. The number of aliphatic imine (C=N–C) groups is 1. The highest BCUT2D eigenvalue weighted by atomic mass is 35.5. The Kier molecular flexibility index (Phi) is 6.09. The summed E-state index contributed by atoms with van der Waals surface area (Å²) in [6.07, 6.45) is -3.05. The molecule has 0 radical (unpaired) electrons. The molecule has 3 rings (SSSR count). The minimum atomic E-state index is -4.63. The van der Waals surface area contributed by atoms with Crippen molar-refractivity contribution in [1.82, 2.24) is 5.32 Å². The van der Waals surface area contributed by atoms with Crippen molar-refractivity contribution in [1.29, 1.82) is 0 Å². The minimum Gasteiger partial charge on any atom is -0.493 e. The maximum absolute atomic E-state index is 13.2. The molecule has 0 bridgehead atoms. The van der Waals surface area contributed by atoms with Gasteiger partial charge < -0.3 is 14.8 Å². The minimum absolute atomic E-state index is 0.0366. The second kappa shape index (κ2) is 8.38. The zero-order valence-electron chi connectivity index (χ0n) is 15.1. The number of ether oxygens (including phenoxy) is 2. The van der Waals surface area contributed by atoms with Gasteiger partial charge in [0.15, 0.2) is 16.7 Å². The average Bonchev–Trinajstić information content (AvgIpc) is 3.01. The van der Waals surface area contributed by atoms with Crippen molar-refractivity contribution in [3.05, 3.63) is 57.5 Å². The number of carbonyl (C=O) groups excluding carboxylic acids is 1. The first-order chi connectivity index (χ1) is 13.7. The lowest BCUT2D eigenvalue weighted by molar-refractivity contribution is -0.137. The first-order valence-electron chi connectivity index (χ1n) is 8.09. The summed E-state index contributed by atoms with van der Waals surface area (Å²) in [6.45, 7) is 0. The Morgan fingerprint density at radius 1 is 1.10 bits per heavy atom. The molecule has 1 aliphatic rings. The lowest BCUT2D eigenvalue weighted by Crippen LogP contribution is -2.19. The molecule has 0 atom stereocenters. The van der Waals surface area contributed by atoms with E-state index in [2.05, 4.69) is 10.3 Å². The number of nitrogens with one attached hydrogen (secondary N) is 1. The molecule has 1 aliphatic heterocycles. The molecular formula is C19H14ClF3N2O3S. The molecule has 1 fully saturated rings. The van der Waals surface area contributed by atoms with Gasteiger partial charge in [0.05, 0.1) is 30.4 Å². The first kappa shape index (κ1) is 21.1. The third-order valence-electron chi connectivity index (χ3n) is 3.84. The van der Waals surface area contributed by atoms with Gasteiger partial charge in [0, 0.05) is 5.02 Å². The summed E-state index contributed by atoms with van der Waals surface area (Å²) in [5.74, 6) is 0.545. The summed E-state index contributed by atoms with van der Waals surface area (Å²) in [7, 11) is 2.99. The second-order valence-electron chi connectivity index (χ2n) is 5.76. The summed E-state index contributed by atoms with van der Waals surface area (Å²) in [5.41, 5.74) is -0.661. The van der Waals surface area contributed by atoms with Crippen molar-refractivity contribution < 1.29 is 27.4 Å². The standard InChI is InChI=1S/C19H14ClF3N2O3S/c1-27-14-6-3-10(7-15(14)28-2)8-16-17(26)25-18(29-16)24-13-5-4-11(20)9-12(13)19(21,22)23/h3-9H,1-2H3,(H,24,25,26). The predicted molar refractivity (Wildman–Crippen MR) is 107 cm³/mol. The number of halogens is 4. The van der Waals surface area contributed by atoms with Crippen LogP contribution in [0.25, 0.3) is 6.08 Å². The third kappa shape index (κ3) is 4.86. The van der Waals surface area contributed by atoms with Gasteiger partial charge in [0.25, 0.3) is 5.91 Å². The van der Waals surface area contributed by atoms with Crippen molar-refractivity contribution >= 4 is 46.2 Å². The molecule has 0 unspecified atom stereocenters. The number of methoxy groups -OCH3 is 2. The lowest BCUT2D eigenvalue weighted by Gasteiger charge is -2.10. The van der Waals surface area contributed by atoms with Gasteiger partial charge in [-0.1, -0.05) is 17.7 Å². The van der Waals surface area contributed by atoms with Crippen molar-refractivity contribution in [2.75, 3.05) is 14.2 Å². The number of rotatable bonds is 4. The third-order valence-corrected chi connectivity index (χ3v) is 4.99. The summed E-state index contributed by atoms with van der Waals surface area (Å²) >= 11 is 6.60. The largest absolute Gasteiger partial charge is 0.493 e. The SMILES string of the molecule is COc1ccc(C=C2SC(=Nc3ccc(Cl)cc3C(F)(F)F)NC2=O)cc1OC. The van der Waals surface area contributed by atoms with Gasteiger partial charge in [0.2, 0.25) is 0 Å². The Morgan fingerprint density at radius 3 is 2.48 bits per heavy atom. The number of alkyl halides is 3. The molecule has 2 aromatic rings.